The Kier molecular flexibility index (Phi) is 6.65. The molecule has 6 heteroatoms. The Morgan fingerprint density at radius 3 is 2.60 bits per heavy atom. The average molecular weight is 412 g/mol. The first kappa shape index (κ1) is 20.8. The molecule has 0 aromatic heterocycles. The maximum Gasteiger partial charge on any atom is 0.251 e. The van der Waals surface area contributed by atoms with Crippen LogP contribution < -0.4 is 10.2 Å². The molecule has 2 aromatic carbocycles. The van der Waals surface area contributed by atoms with Gasteiger partial charge in [0.15, 0.2) is 0 Å². The monoisotopic (exact) mass is 411 g/mol. The van der Waals surface area contributed by atoms with E-state index in [4.69, 9.17) is 4.74 Å². The fourth-order valence-corrected chi connectivity index (χ4v) is 4.28. The molecule has 2 aliphatic heterocycles. The highest BCUT2D eigenvalue weighted by molar-refractivity contribution is 5.94. The number of carbonyl (C=O) groups is 1. The molecule has 5 nitrogen and oxygen atoms in total. The summed E-state index contributed by atoms with van der Waals surface area (Å²) in [5.74, 6) is 0.163. The Morgan fingerprint density at radius 1 is 1.10 bits per heavy atom. The summed E-state index contributed by atoms with van der Waals surface area (Å²) in [5.41, 5.74) is 2.95. The number of anilines is 1. The van der Waals surface area contributed by atoms with Gasteiger partial charge in [-0.25, -0.2) is 4.39 Å². The van der Waals surface area contributed by atoms with Crippen LogP contribution >= 0.6 is 0 Å². The first-order valence-electron chi connectivity index (χ1n) is 10.8. The van der Waals surface area contributed by atoms with Crippen LogP contribution in [0, 0.1) is 11.7 Å². The Bertz CT molecular complexity index is 841. The highest BCUT2D eigenvalue weighted by atomic mass is 19.1. The van der Waals surface area contributed by atoms with Gasteiger partial charge in [0.05, 0.1) is 12.7 Å². The third-order valence-corrected chi connectivity index (χ3v) is 5.98. The van der Waals surface area contributed by atoms with Crippen molar-refractivity contribution in [2.75, 3.05) is 44.2 Å². The van der Waals surface area contributed by atoms with E-state index in [-0.39, 0.29) is 17.8 Å². The van der Waals surface area contributed by atoms with Crippen molar-refractivity contribution in [3.8, 4) is 0 Å². The van der Waals surface area contributed by atoms with Crippen molar-refractivity contribution in [2.24, 2.45) is 5.92 Å². The fraction of sp³-hybridized carbons (Fsp3) is 0.458. The maximum atomic E-state index is 13.1. The molecule has 2 aromatic rings. The summed E-state index contributed by atoms with van der Waals surface area (Å²) in [5, 5.41) is 3.08. The molecule has 30 heavy (non-hydrogen) atoms. The average Bonchev–Trinajstić information content (AvgIpc) is 3.22. The number of ether oxygens (including phenoxy) is 1. The lowest BCUT2D eigenvalue weighted by molar-refractivity contribution is -0.0212. The van der Waals surface area contributed by atoms with Gasteiger partial charge in [0.25, 0.3) is 5.91 Å². The van der Waals surface area contributed by atoms with Crippen LogP contribution in [0.4, 0.5) is 10.1 Å². The number of rotatable bonds is 6. The quantitative estimate of drug-likeness (QED) is 0.792. The smallest absolute Gasteiger partial charge is 0.251 e. The predicted molar refractivity (Wildman–Crippen MR) is 116 cm³/mol. The maximum absolute atomic E-state index is 13.1. The number of nitrogens with one attached hydrogen (secondary N) is 1. The number of hydrogen-bond acceptors (Lipinski definition) is 4. The third kappa shape index (κ3) is 5.37. The van der Waals surface area contributed by atoms with Crippen molar-refractivity contribution < 1.29 is 13.9 Å². The minimum absolute atomic E-state index is 0.0261. The first-order valence-corrected chi connectivity index (χ1v) is 10.8. The zero-order chi connectivity index (χ0) is 20.9. The van der Waals surface area contributed by atoms with E-state index in [9.17, 15) is 9.18 Å². The Balaban J connectivity index is 1.23. The topological polar surface area (TPSA) is 44.8 Å². The Labute approximate surface area is 177 Å². The number of hydrogen-bond donors (Lipinski definition) is 1. The Morgan fingerprint density at radius 2 is 1.87 bits per heavy atom. The van der Waals surface area contributed by atoms with Crippen LogP contribution in [0.25, 0.3) is 0 Å². The van der Waals surface area contributed by atoms with Crippen LogP contribution in [0.2, 0.25) is 0 Å². The summed E-state index contributed by atoms with van der Waals surface area (Å²) in [4.78, 5) is 17.2. The molecule has 160 valence electrons. The summed E-state index contributed by atoms with van der Waals surface area (Å²) in [6.07, 6.45) is 1.30. The molecule has 1 amide bonds. The highest BCUT2D eigenvalue weighted by Crippen LogP contribution is 2.23. The number of nitrogens with zero attached hydrogens (tertiary/aromatic N) is 2. The molecule has 2 fully saturated rings. The van der Waals surface area contributed by atoms with E-state index in [0.717, 1.165) is 51.4 Å². The van der Waals surface area contributed by atoms with Crippen LogP contribution in [-0.4, -0.2) is 56.2 Å². The van der Waals surface area contributed by atoms with Crippen molar-refractivity contribution in [1.82, 2.24) is 10.2 Å². The van der Waals surface area contributed by atoms with Gasteiger partial charge in [-0.3, -0.25) is 9.69 Å². The highest BCUT2D eigenvalue weighted by Gasteiger charge is 2.23. The minimum atomic E-state index is -0.215. The van der Waals surface area contributed by atoms with Gasteiger partial charge in [-0.1, -0.05) is 12.1 Å². The lowest BCUT2D eigenvalue weighted by Gasteiger charge is -2.31. The van der Waals surface area contributed by atoms with Gasteiger partial charge < -0.3 is 15.0 Å². The van der Waals surface area contributed by atoms with Crippen LogP contribution in [0.5, 0.6) is 0 Å². The van der Waals surface area contributed by atoms with Crippen molar-refractivity contribution >= 4 is 11.6 Å². The summed E-state index contributed by atoms with van der Waals surface area (Å²) >= 11 is 0. The molecular formula is C24H30FN3O2. The standard InChI is InChI=1S/C24H30FN3O2/c1-18-15-27(12-13-30-18)16-19-2-4-21(5-3-19)24(29)26-14-20-10-11-28(17-20)23-8-6-22(25)7-9-23/h2-9,18,20H,10-17H2,1H3,(H,26,29)/t18-,20+/m0/s1. The van der Waals surface area contributed by atoms with E-state index in [1.165, 1.54) is 17.7 Å². The molecule has 0 aliphatic carbocycles. The second kappa shape index (κ2) is 9.58. The molecule has 0 unspecified atom stereocenters. The number of halogens is 1. The molecule has 0 bridgehead atoms. The lowest BCUT2D eigenvalue weighted by atomic mass is 10.1. The van der Waals surface area contributed by atoms with Crippen LogP contribution in [-0.2, 0) is 11.3 Å². The van der Waals surface area contributed by atoms with E-state index in [1.807, 2.05) is 36.4 Å². The van der Waals surface area contributed by atoms with E-state index in [0.29, 0.717) is 18.0 Å². The van der Waals surface area contributed by atoms with Crippen molar-refractivity contribution in [2.45, 2.75) is 26.0 Å². The first-order chi connectivity index (χ1) is 14.6. The summed E-state index contributed by atoms with van der Waals surface area (Å²) in [6.45, 7) is 8.12. The van der Waals surface area contributed by atoms with Crippen molar-refractivity contribution in [3.63, 3.8) is 0 Å². The molecule has 1 N–H and O–H groups in total. The zero-order valence-electron chi connectivity index (χ0n) is 17.5. The van der Waals surface area contributed by atoms with Gasteiger partial charge in [0, 0.05) is 50.5 Å². The molecule has 2 heterocycles. The minimum Gasteiger partial charge on any atom is -0.376 e. The molecular weight excluding hydrogens is 381 g/mol. The summed E-state index contributed by atoms with van der Waals surface area (Å²) < 4.78 is 18.7. The molecule has 4 rings (SSSR count). The van der Waals surface area contributed by atoms with Gasteiger partial charge in [-0.15, -0.1) is 0 Å². The van der Waals surface area contributed by atoms with E-state index in [1.54, 1.807) is 0 Å². The molecule has 0 saturated carbocycles. The van der Waals surface area contributed by atoms with Crippen molar-refractivity contribution in [1.29, 1.82) is 0 Å². The number of morpholine rings is 1. The fourth-order valence-electron chi connectivity index (χ4n) is 4.28. The molecule has 2 atom stereocenters. The summed E-state index contributed by atoms with van der Waals surface area (Å²) in [7, 11) is 0. The normalized spacial score (nSPS) is 22.3. The molecule has 0 radical (unpaired) electrons. The van der Waals surface area contributed by atoms with Crippen molar-refractivity contribution in [3.05, 3.63) is 65.5 Å². The zero-order valence-corrected chi connectivity index (χ0v) is 17.5. The van der Waals surface area contributed by atoms with E-state index in [2.05, 4.69) is 22.0 Å². The Hall–Kier alpha value is -2.44. The largest absolute Gasteiger partial charge is 0.376 e. The third-order valence-electron chi connectivity index (χ3n) is 5.98. The second-order valence-corrected chi connectivity index (χ2v) is 8.40. The van der Waals surface area contributed by atoms with Crippen LogP contribution in [0.15, 0.2) is 48.5 Å². The van der Waals surface area contributed by atoms with Gasteiger partial charge in [-0.05, 0) is 61.2 Å². The van der Waals surface area contributed by atoms with Crippen LogP contribution in [0.1, 0.15) is 29.3 Å². The van der Waals surface area contributed by atoms with Gasteiger partial charge in [0.1, 0.15) is 5.82 Å². The molecule has 0 spiro atoms. The number of benzene rings is 2. The van der Waals surface area contributed by atoms with Crippen LogP contribution in [0.3, 0.4) is 0 Å². The van der Waals surface area contributed by atoms with Gasteiger partial charge in [0.2, 0.25) is 0 Å². The SMILES string of the molecule is C[C@H]1CN(Cc2ccc(C(=O)NC[C@H]3CCN(c4ccc(F)cc4)C3)cc2)CCO1. The number of carbonyl (C=O) groups excluding carboxylic acids is 1. The van der Waals surface area contributed by atoms with E-state index >= 15 is 0 Å². The van der Waals surface area contributed by atoms with Gasteiger partial charge in [-0.2, -0.15) is 0 Å². The molecule has 2 aliphatic rings. The van der Waals surface area contributed by atoms with E-state index < -0.39 is 0 Å². The summed E-state index contributed by atoms with van der Waals surface area (Å²) in [6, 6.07) is 14.5. The van der Waals surface area contributed by atoms with Gasteiger partial charge >= 0.3 is 0 Å². The lowest BCUT2D eigenvalue weighted by Crippen LogP contribution is -2.40. The molecule has 2 saturated heterocycles. The second-order valence-electron chi connectivity index (χ2n) is 8.40. The number of amides is 1. The predicted octanol–water partition coefficient (Wildman–Crippen LogP) is 3.30.